The molecule has 1 amide bonds. The van der Waals surface area contributed by atoms with Crippen LogP contribution >= 0.6 is 0 Å². The first-order valence-electron chi connectivity index (χ1n) is 5.47. The highest BCUT2D eigenvalue weighted by molar-refractivity contribution is 5.99. The van der Waals surface area contributed by atoms with Gasteiger partial charge in [0.25, 0.3) is 5.91 Å². The van der Waals surface area contributed by atoms with Crippen molar-refractivity contribution >= 4 is 22.5 Å². The minimum atomic E-state index is -0.231. The van der Waals surface area contributed by atoms with E-state index >= 15 is 0 Å². The summed E-state index contributed by atoms with van der Waals surface area (Å²) in [6.07, 6.45) is 5.18. The van der Waals surface area contributed by atoms with Crippen LogP contribution in [0.25, 0.3) is 10.9 Å². The maximum Gasteiger partial charge on any atom is 0.273 e. The van der Waals surface area contributed by atoms with Gasteiger partial charge < -0.3 is 10.6 Å². The number of terminal acetylenes is 1. The predicted molar refractivity (Wildman–Crippen MR) is 71.9 cm³/mol. The summed E-state index contributed by atoms with van der Waals surface area (Å²) in [6.45, 7) is 0.243. The van der Waals surface area contributed by atoms with Gasteiger partial charge in [0, 0.05) is 18.1 Å². The summed E-state index contributed by atoms with van der Waals surface area (Å²) in [5.74, 6) is 2.18. The first kappa shape index (κ1) is 11.9. The highest BCUT2D eigenvalue weighted by Gasteiger charge is 2.14. The molecule has 0 aliphatic heterocycles. The van der Waals surface area contributed by atoms with Crippen molar-refractivity contribution in [3.05, 3.63) is 36.0 Å². The van der Waals surface area contributed by atoms with Crippen LogP contribution in [-0.4, -0.2) is 29.4 Å². The number of aromatic nitrogens is 1. The highest BCUT2D eigenvalue weighted by Crippen LogP contribution is 2.20. The van der Waals surface area contributed by atoms with Gasteiger partial charge in [0.05, 0.1) is 12.1 Å². The van der Waals surface area contributed by atoms with Crippen LogP contribution in [0.1, 0.15) is 10.5 Å². The minimum absolute atomic E-state index is 0.231. The molecule has 4 heteroatoms. The SMILES string of the molecule is C#CCN(C)C(=O)c1cc(N)c2ccccc2n1. The van der Waals surface area contributed by atoms with E-state index in [-0.39, 0.29) is 12.5 Å². The topological polar surface area (TPSA) is 59.2 Å². The number of nitrogens with zero attached hydrogens (tertiary/aromatic N) is 2. The maximum absolute atomic E-state index is 12.0. The van der Waals surface area contributed by atoms with Gasteiger partial charge in [-0.05, 0) is 12.1 Å². The lowest BCUT2D eigenvalue weighted by Gasteiger charge is -2.14. The fourth-order valence-electron chi connectivity index (χ4n) is 1.72. The van der Waals surface area contributed by atoms with Crippen molar-refractivity contribution in [3.63, 3.8) is 0 Å². The number of nitrogen functional groups attached to an aromatic ring is 1. The van der Waals surface area contributed by atoms with Gasteiger partial charge in [0.1, 0.15) is 5.69 Å². The average molecular weight is 239 g/mol. The molecule has 0 aliphatic carbocycles. The van der Waals surface area contributed by atoms with Crippen molar-refractivity contribution in [1.82, 2.24) is 9.88 Å². The Balaban J connectivity index is 2.47. The Labute approximate surface area is 105 Å². The summed E-state index contributed by atoms with van der Waals surface area (Å²) in [5, 5.41) is 0.841. The lowest BCUT2D eigenvalue weighted by atomic mass is 10.1. The van der Waals surface area contributed by atoms with Crippen molar-refractivity contribution in [1.29, 1.82) is 0 Å². The number of nitrogens with two attached hydrogens (primary N) is 1. The van der Waals surface area contributed by atoms with Crippen LogP contribution in [0.2, 0.25) is 0 Å². The zero-order valence-electron chi connectivity index (χ0n) is 10.1. The molecule has 2 N–H and O–H groups in total. The third kappa shape index (κ3) is 2.11. The number of amides is 1. The number of carbonyl (C=O) groups excluding carboxylic acids is 1. The Morgan fingerprint density at radius 3 is 2.94 bits per heavy atom. The van der Waals surface area contributed by atoms with E-state index in [1.165, 1.54) is 4.90 Å². The molecule has 0 spiro atoms. The van der Waals surface area contributed by atoms with Gasteiger partial charge in [-0.1, -0.05) is 24.1 Å². The van der Waals surface area contributed by atoms with E-state index in [1.807, 2.05) is 24.3 Å². The van der Waals surface area contributed by atoms with Gasteiger partial charge in [-0.15, -0.1) is 6.42 Å². The maximum atomic E-state index is 12.0. The molecule has 0 saturated carbocycles. The van der Waals surface area contributed by atoms with E-state index in [1.54, 1.807) is 13.1 Å². The van der Waals surface area contributed by atoms with Crippen molar-refractivity contribution in [2.45, 2.75) is 0 Å². The van der Waals surface area contributed by atoms with Crippen molar-refractivity contribution in [3.8, 4) is 12.3 Å². The van der Waals surface area contributed by atoms with Crippen LogP contribution < -0.4 is 5.73 Å². The van der Waals surface area contributed by atoms with Crippen LogP contribution in [0.5, 0.6) is 0 Å². The van der Waals surface area contributed by atoms with Crippen LogP contribution in [0, 0.1) is 12.3 Å². The van der Waals surface area contributed by atoms with Gasteiger partial charge in [-0.2, -0.15) is 0 Å². The second-order valence-corrected chi connectivity index (χ2v) is 3.98. The smallest absolute Gasteiger partial charge is 0.273 e. The number of hydrogen-bond acceptors (Lipinski definition) is 3. The molecule has 2 aromatic rings. The van der Waals surface area contributed by atoms with E-state index in [4.69, 9.17) is 12.2 Å². The molecule has 0 atom stereocenters. The number of carbonyl (C=O) groups is 1. The number of pyridine rings is 1. The Kier molecular flexibility index (Phi) is 3.16. The molecular formula is C14H13N3O. The molecule has 2 rings (SSSR count). The summed E-state index contributed by atoms with van der Waals surface area (Å²) in [5.41, 5.74) is 7.47. The van der Waals surface area contributed by atoms with E-state index in [0.717, 1.165) is 5.39 Å². The van der Waals surface area contributed by atoms with Gasteiger partial charge in [-0.25, -0.2) is 4.98 Å². The van der Waals surface area contributed by atoms with Crippen LogP contribution in [0.15, 0.2) is 30.3 Å². The Hall–Kier alpha value is -2.54. The number of rotatable bonds is 2. The van der Waals surface area contributed by atoms with Gasteiger partial charge in [0.15, 0.2) is 0 Å². The Morgan fingerprint density at radius 1 is 1.50 bits per heavy atom. The Bertz CT molecular complexity index is 643. The number of benzene rings is 1. The molecule has 0 saturated heterocycles. The largest absolute Gasteiger partial charge is 0.398 e. The van der Waals surface area contributed by atoms with Crippen LogP contribution in [-0.2, 0) is 0 Å². The molecule has 0 bridgehead atoms. The zero-order valence-corrected chi connectivity index (χ0v) is 10.1. The average Bonchev–Trinajstić information content (AvgIpc) is 2.38. The Morgan fingerprint density at radius 2 is 2.22 bits per heavy atom. The molecular weight excluding hydrogens is 226 g/mol. The molecule has 90 valence electrons. The van der Waals surface area contributed by atoms with Gasteiger partial charge in [0.2, 0.25) is 0 Å². The van der Waals surface area contributed by atoms with Gasteiger partial charge in [-0.3, -0.25) is 4.79 Å². The molecule has 0 radical (unpaired) electrons. The molecule has 0 fully saturated rings. The third-order valence-electron chi connectivity index (χ3n) is 2.64. The van der Waals surface area contributed by atoms with Crippen LogP contribution in [0.3, 0.4) is 0 Å². The second kappa shape index (κ2) is 4.76. The quantitative estimate of drug-likeness (QED) is 0.808. The molecule has 0 aliphatic rings. The number of para-hydroxylation sites is 1. The van der Waals surface area contributed by atoms with E-state index in [2.05, 4.69) is 10.9 Å². The van der Waals surface area contributed by atoms with E-state index < -0.39 is 0 Å². The molecule has 4 nitrogen and oxygen atoms in total. The summed E-state index contributed by atoms with van der Waals surface area (Å²) in [6, 6.07) is 9.01. The first-order valence-corrected chi connectivity index (χ1v) is 5.47. The van der Waals surface area contributed by atoms with E-state index in [9.17, 15) is 4.79 Å². The summed E-state index contributed by atoms with van der Waals surface area (Å²) >= 11 is 0. The van der Waals surface area contributed by atoms with Crippen molar-refractivity contribution < 1.29 is 4.79 Å². The molecule has 1 aromatic carbocycles. The van der Waals surface area contributed by atoms with Crippen molar-refractivity contribution in [2.75, 3.05) is 19.3 Å². The molecule has 1 heterocycles. The molecule has 18 heavy (non-hydrogen) atoms. The fraction of sp³-hybridized carbons (Fsp3) is 0.143. The lowest BCUT2D eigenvalue weighted by Crippen LogP contribution is -2.27. The van der Waals surface area contributed by atoms with E-state index in [0.29, 0.717) is 16.9 Å². The minimum Gasteiger partial charge on any atom is -0.398 e. The zero-order chi connectivity index (χ0) is 13.1. The monoisotopic (exact) mass is 239 g/mol. The number of hydrogen-bond donors (Lipinski definition) is 1. The fourth-order valence-corrected chi connectivity index (χ4v) is 1.72. The summed E-state index contributed by atoms with van der Waals surface area (Å²) in [7, 11) is 1.63. The van der Waals surface area contributed by atoms with Crippen LogP contribution in [0.4, 0.5) is 5.69 Å². The standard InChI is InChI=1S/C14H13N3O/c1-3-8-17(2)14(18)13-9-11(15)10-6-4-5-7-12(10)16-13/h1,4-7,9H,8H2,2H3,(H2,15,16). The highest BCUT2D eigenvalue weighted by atomic mass is 16.2. The predicted octanol–water partition coefficient (Wildman–Crippen LogP) is 1.52. The van der Waals surface area contributed by atoms with Gasteiger partial charge >= 0.3 is 0 Å². The molecule has 0 unspecified atom stereocenters. The van der Waals surface area contributed by atoms with Crippen molar-refractivity contribution in [2.24, 2.45) is 0 Å². The number of fused-ring (bicyclic) bond motifs is 1. The summed E-state index contributed by atoms with van der Waals surface area (Å²) < 4.78 is 0. The molecule has 1 aromatic heterocycles. The lowest BCUT2D eigenvalue weighted by molar-refractivity contribution is 0.0807. The second-order valence-electron chi connectivity index (χ2n) is 3.98. The first-order chi connectivity index (χ1) is 8.63. The summed E-state index contributed by atoms with van der Waals surface area (Å²) in [4.78, 5) is 17.8. The normalized spacial score (nSPS) is 10.0. The third-order valence-corrected chi connectivity index (χ3v) is 2.64. The number of anilines is 1.